The van der Waals surface area contributed by atoms with Crippen LogP contribution < -0.4 is 0 Å². The fourth-order valence-corrected chi connectivity index (χ4v) is 9.29. The molecule has 8 atom stereocenters. The monoisotopic (exact) mass is 490 g/mol. The lowest BCUT2D eigenvalue weighted by molar-refractivity contribution is -0.283. The lowest BCUT2D eigenvalue weighted by Gasteiger charge is -2.46. The fourth-order valence-electron chi connectivity index (χ4n) is 9.29. The van der Waals surface area contributed by atoms with E-state index in [0.29, 0.717) is 12.8 Å². The van der Waals surface area contributed by atoms with Crippen molar-refractivity contribution in [1.82, 2.24) is 0 Å². The van der Waals surface area contributed by atoms with Gasteiger partial charge in [-0.2, -0.15) is 0 Å². The van der Waals surface area contributed by atoms with E-state index in [4.69, 9.17) is 9.47 Å². The number of ether oxygens (including phenoxy) is 2. The topological polar surface area (TPSA) is 93.1 Å². The summed E-state index contributed by atoms with van der Waals surface area (Å²) in [6.45, 7) is 20.4. The average Bonchev–Trinajstić information content (AvgIpc) is 3.22. The van der Waals surface area contributed by atoms with Crippen molar-refractivity contribution in [3.63, 3.8) is 0 Å². The second-order valence-electron chi connectivity index (χ2n) is 13.5. The van der Waals surface area contributed by atoms with Crippen LogP contribution in [0.15, 0.2) is 12.2 Å². The maximum absolute atomic E-state index is 13.1. The van der Waals surface area contributed by atoms with Crippen LogP contribution in [0.25, 0.3) is 0 Å². The summed E-state index contributed by atoms with van der Waals surface area (Å²) in [6.07, 6.45) is 4.60. The summed E-state index contributed by atoms with van der Waals surface area (Å²) < 4.78 is 11.6. The number of rotatable bonds is 7. The van der Waals surface area contributed by atoms with Crippen LogP contribution in [-0.2, 0) is 19.1 Å². The highest BCUT2D eigenvalue weighted by molar-refractivity contribution is 5.93. The SMILES string of the molecule is C=C(CC(=O)O[C@]1(O)C(CC)[C@H]2CC[C@]1(C)C2(C)C)C(=O)O[C@]1(O)C(CC)[C@H]2CC[C@]1(C)C2(C)C. The maximum atomic E-state index is 13.1. The molecular formula is C29H46O6. The van der Waals surface area contributed by atoms with Crippen LogP contribution in [0.3, 0.4) is 0 Å². The largest absolute Gasteiger partial charge is 0.432 e. The molecule has 0 aliphatic heterocycles. The Hall–Kier alpha value is -1.40. The van der Waals surface area contributed by atoms with Crippen molar-refractivity contribution >= 4 is 11.9 Å². The van der Waals surface area contributed by atoms with Gasteiger partial charge in [0.15, 0.2) is 0 Å². The second-order valence-corrected chi connectivity index (χ2v) is 13.5. The van der Waals surface area contributed by atoms with Gasteiger partial charge in [-0.3, -0.25) is 4.79 Å². The number of carbonyl (C=O) groups excluding carboxylic acids is 2. The zero-order valence-corrected chi connectivity index (χ0v) is 23.0. The predicted molar refractivity (Wildman–Crippen MR) is 133 cm³/mol. The summed E-state index contributed by atoms with van der Waals surface area (Å²) in [6, 6.07) is 0. The van der Waals surface area contributed by atoms with E-state index >= 15 is 0 Å². The third kappa shape index (κ3) is 3.02. The van der Waals surface area contributed by atoms with Gasteiger partial charge in [-0.1, -0.05) is 62.0 Å². The van der Waals surface area contributed by atoms with Gasteiger partial charge in [-0.25, -0.2) is 4.79 Å². The Bertz CT molecular complexity index is 937. The molecule has 35 heavy (non-hydrogen) atoms. The Kier molecular flexibility index (Phi) is 5.94. The summed E-state index contributed by atoms with van der Waals surface area (Å²) in [7, 11) is 0. The highest BCUT2D eigenvalue weighted by Gasteiger charge is 2.76. The molecule has 0 amide bonds. The van der Waals surface area contributed by atoms with Gasteiger partial charge in [0.1, 0.15) is 0 Å². The molecule has 0 saturated heterocycles. The number of fused-ring (bicyclic) bond motifs is 4. The number of hydrogen-bond acceptors (Lipinski definition) is 6. The highest BCUT2D eigenvalue weighted by Crippen LogP contribution is 2.74. The van der Waals surface area contributed by atoms with E-state index in [2.05, 4.69) is 34.3 Å². The Morgan fingerprint density at radius 3 is 1.60 bits per heavy atom. The number of hydrogen-bond donors (Lipinski definition) is 2. The van der Waals surface area contributed by atoms with Crippen molar-refractivity contribution in [1.29, 1.82) is 0 Å². The molecule has 4 aliphatic rings. The van der Waals surface area contributed by atoms with E-state index in [0.717, 1.165) is 25.7 Å². The second kappa shape index (κ2) is 7.80. The van der Waals surface area contributed by atoms with E-state index in [-0.39, 0.29) is 46.5 Å². The van der Waals surface area contributed by atoms with Crippen LogP contribution >= 0.6 is 0 Å². The van der Waals surface area contributed by atoms with Crippen molar-refractivity contribution in [2.24, 2.45) is 45.3 Å². The Labute approximate surface area is 210 Å². The minimum Gasteiger partial charge on any atom is -0.432 e. The van der Waals surface area contributed by atoms with Gasteiger partial charge in [0.05, 0.1) is 6.42 Å². The van der Waals surface area contributed by atoms with E-state index in [9.17, 15) is 19.8 Å². The predicted octanol–water partition coefficient (Wildman–Crippen LogP) is 5.36. The van der Waals surface area contributed by atoms with Gasteiger partial charge in [0.2, 0.25) is 11.6 Å². The number of esters is 2. The molecule has 4 saturated carbocycles. The average molecular weight is 491 g/mol. The number of carbonyl (C=O) groups is 2. The molecule has 4 aliphatic carbocycles. The molecule has 0 aromatic rings. The highest BCUT2D eigenvalue weighted by atomic mass is 16.7. The first-order chi connectivity index (χ1) is 16.0. The van der Waals surface area contributed by atoms with Crippen molar-refractivity contribution in [2.45, 2.75) is 112 Å². The molecule has 0 aromatic carbocycles. The van der Waals surface area contributed by atoms with Crippen molar-refractivity contribution in [3.8, 4) is 0 Å². The molecular weight excluding hydrogens is 444 g/mol. The zero-order valence-electron chi connectivity index (χ0n) is 23.0. The van der Waals surface area contributed by atoms with Crippen LogP contribution in [-0.4, -0.2) is 33.7 Å². The Morgan fingerprint density at radius 2 is 1.20 bits per heavy atom. The van der Waals surface area contributed by atoms with Crippen LogP contribution in [0.5, 0.6) is 0 Å². The molecule has 0 heterocycles. The standard InChI is InChI=1S/C29H46O6/c1-10-18-20-12-14-26(8,24(20,4)5)28(18,32)34-22(30)16-17(3)23(31)35-29(33)19(11-2)21-13-15-27(29,9)25(21,6)7/h18-21,32-33H,3,10-16H2,1-2,4-9H3/t18?,19?,20-,21-,26-,27-,28-,29-/m1/s1. The minimum atomic E-state index is -1.61. The summed E-state index contributed by atoms with van der Waals surface area (Å²) in [4.78, 5) is 26.1. The smallest absolute Gasteiger partial charge is 0.336 e. The van der Waals surface area contributed by atoms with E-state index in [1.54, 1.807) is 0 Å². The van der Waals surface area contributed by atoms with Crippen LogP contribution in [0.4, 0.5) is 0 Å². The van der Waals surface area contributed by atoms with Crippen molar-refractivity contribution < 1.29 is 29.3 Å². The van der Waals surface area contributed by atoms with Crippen LogP contribution in [0, 0.1) is 45.3 Å². The molecule has 2 unspecified atom stereocenters. The molecule has 4 rings (SSSR count). The van der Waals surface area contributed by atoms with E-state index in [1.165, 1.54) is 0 Å². The normalized spacial score (nSPS) is 46.6. The molecule has 0 spiro atoms. The molecule has 4 fully saturated rings. The quantitative estimate of drug-likeness (QED) is 0.283. The van der Waals surface area contributed by atoms with Gasteiger partial charge < -0.3 is 19.7 Å². The van der Waals surface area contributed by atoms with E-state index in [1.807, 2.05) is 27.7 Å². The molecule has 6 nitrogen and oxygen atoms in total. The first-order valence-corrected chi connectivity index (χ1v) is 13.6. The lowest BCUT2D eigenvalue weighted by atomic mass is 9.68. The van der Waals surface area contributed by atoms with Gasteiger partial charge in [0, 0.05) is 28.2 Å². The zero-order chi connectivity index (χ0) is 26.4. The molecule has 0 radical (unpaired) electrons. The lowest BCUT2D eigenvalue weighted by Crippen LogP contribution is -2.54. The molecule has 198 valence electrons. The summed E-state index contributed by atoms with van der Waals surface area (Å²) in [5, 5.41) is 23.5. The summed E-state index contributed by atoms with van der Waals surface area (Å²) in [5.74, 6) is -4.43. The Morgan fingerprint density at radius 1 is 0.800 bits per heavy atom. The van der Waals surface area contributed by atoms with Crippen molar-refractivity contribution in [3.05, 3.63) is 12.2 Å². The third-order valence-corrected chi connectivity index (χ3v) is 12.2. The first-order valence-electron chi connectivity index (χ1n) is 13.6. The van der Waals surface area contributed by atoms with E-state index < -0.39 is 34.3 Å². The first kappa shape index (κ1) is 26.7. The van der Waals surface area contributed by atoms with Gasteiger partial charge in [-0.15, -0.1) is 0 Å². The molecule has 0 aromatic heterocycles. The Balaban J connectivity index is 1.47. The molecule has 4 bridgehead atoms. The molecule has 6 heteroatoms. The van der Waals surface area contributed by atoms with Crippen LogP contribution in [0.2, 0.25) is 0 Å². The maximum Gasteiger partial charge on any atom is 0.336 e. The van der Waals surface area contributed by atoms with Crippen molar-refractivity contribution in [2.75, 3.05) is 0 Å². The van der Waals surface area contributed by atoms with Crippen LogP contribution in [0.1, 0.15) is 100 Å². The molecule has 2 N–H and O–H groups in total. The van der Waals surface area contributed by atoms with Gasteiger partial charge in [0.25, 0.3) is 0 Å². The minimum absolute atomic E-state index is 0.0633. The summed E-state index contributed by atoms with van der Waals surface area (Å²) in [5.41, 5.74) is -1.54. The third-order valence-electron chi connectivity index (χ3n) is 12.2. The fraction of sp³-hybridized carbons (Fsp3) is 0.862. The van der Waals surface area contributed by atoms with Gasteiger partial charge >= 0.3 is 11.9 Å². The van der Waals surface area contributed by atoms with Gasteiger partial charge in [-0.05, 0) is 61.2 Å². The summed E-state index contributed by atoms with van der Waals surface area (Å²) >= 11 is 0. The number of aliphatic hydroxyl groups is 2.